The summed E-state index contributed by atoms with van der Waals surface area (Å²) in [6, 6.07) is -0.956. The van der Waals surface area contributed by atoms with Crippen molar-refractivity contribution < 1.29 is 19.1 Å². The Morgan fingerprint density at radius 1 is 1.35 bits per heavy atom. The van der Waals surface area contributed by atoms with Crippen molar-refractivity contribution in [3.05, 3.63) is 18.0 Å². The van der Waals surface area contributed by atoms with Crippen molar-refractivity contribution in [1.82, 2.24) is 24.5 Å². The van der Waals surface area contributed by atoms with Crippen molar-refractivity contribution >= 4 is 17.8 Å². The zero-order chi connectivity index (χ0) is 19.1. The van der Waals surface area contributed by atoms with E-state index in [9.17, 15) is 14.4 Å². The van der Waals surface area contributed by atoms with Crippen LogP contribution in [0.15, 0.2) is 12.4 Å². The maximum absolute atomic E-state index is 12.9. The Bertz CT molecular complexity index is 728. The summed E-state index contributed by atoms with van der Waals surface area (Å²) < 4.78 is 6.57. The molecule has 1 unspecified atom stereocenters. The Balaban J connectivity index is 1.86. The lowest BCUT2D eigenvalue weighted by Crippen LogP contribution is -2.44. The molecule has 0 bridgehead atoms. The normalized spacial score (nSPS) is 22.6. The first-order valence-electron chi connectivity index (χ1n) is 8.62. The molecular weight excluding hydrogens is 338 g/mol. The number of rotatable bonds is 4. The molecule has 0 spiro atoms. The highest BCUT2D eigenvalue weighted by atomic mass is 16.5. The van der Waals surface area contributed by atoms with Crippen molar-refractivity contribution in [1.29, 1.82) is 0 Å². The minimum absolute atomic E-state index is 0.177. The number of ether oxygens (including phenoxy) is 1. The van der Waals surface area contributed by atoms with Gasteiger partial charge in [0.15, 0.2) is 0 Å². The predicted octanol–water partition coefficient (Wildman–Crippen LogP) is 0.181. The highest BCUT2D eigenvalue weighted by Gasteiger charge is 2.50. The van der Waals surface area contributed by atoms with Gasteiger partial charge in [0, 0.05) is 38.9 Å². The number of imide groups is 1. The van der Waals surface area contributed by atoms with Gasteiger partial charge in [-0.2, -0.15) is 5.10 Å². The third-order valence-corrected chi connectivity index (χ3v) is 4.77. The Labute approximate surface area is 152 Å². The molecule has 1 aromatic heterocycles. The van der Waals surface area contributed by atoms with Crippen LogP contribution in [-0.2, 0) is 16.6 Å². The highest BCUT2D eigenvalue weighted by Crippen LogP contribution is 2.30. The van der Waals surface area contributed by atoms with Crippen LogP contribution in [0.25, 0.3) is 0 Å². The van der Waals surface area contributed by atoms with Gasteiger partial charge in [0.1, 0.15) is 6.04 Å². The minimum Gasteiger partial charge on any atom is -0.383 e. The number of carbonyl (C=O) groups excluding carboxylic acids is 3. The Morgan fingerprint density at radius 3 is 2.69 bits per heavy atom. The zero-order valence-electron chi connectivity index (χ0n) is 15.6. The first-order chi connectivity index (χ1) is 12.2. The molecule has 9 heteroatoms. The van der Waals surface area contributed by atoms with Crippen LogP contribution in [0.2, 0.25) is 0 Å². The number of urea groups is 1. The van der Waals surface area contributed by atoms with E-state index in [1.165, 1.54) is 18.2 Å². The first kappa shape index (κ1) is 18.4. The van der Waals surface area contributed by atoms with E-state index in [0.717, 1.165) is 0 Å². The molecule has 2 fully saturated rings. The third kappa shape index (κ3) is 3.31. The van der Waals surface area contributed by atoms with Crippen LogP contribution >= 0.6 is 0 Å². The number of amides is 4. The van der Waals surface area contributed by atoms with Gasteiger partial charge in [-0.05, 0) is 0 Å². The molecule has 1 atom stereocenters. The summed E-state index contributed by atoms with van der Waals surface area (Å²) in [4.78, 5) is 42.9. The van der Waals surface area contributed by atoms with Gasteiger partial charge in [0.2, 0.25) is 0 Å². The van der Waals surface area contributed by atoms with Crippen LogP contribution in [-0.4, -0.2) is 88.3 Å². The number of aryl methyl sites for hydroxylation is 1. The van der Waals surface area contributed by atoms with Crippen LogP contribution in [0, 0.1) is 5.41 Å². The lowest BCUT2D eigenvalue weighted by molar-refractivity contribution is -0.128. The maximum Gasteiger partial charge on any atom is 0.327 e. The molecule has 0 radical (unpaired) electrons. The molecule has 3 heterocycles. The topological polar surface area (TPSA) is 88.0 Å². The highest BCUT2D eigenvalue weighted by molar-refractivity contribution is 6.05. The summed E-state index contributed by atoms with van der Waals surface area (Å²) in [7, 11) is 3.28. The second-order valence-corrected chi connectivity index (χ2v) is 7.66. The molecule has 2 aliphatic rings. The maximum atomic E-state index is 12.9. The molecule has 1 aromatic rings. The second-order valence-electron chi connectivity index (χ2n) is 7.66. The molecule has 9 nitrogen and oxygen atoms in total. The molecule has 4 amide bonds. The number of carbonyl (C=O) groups is 3. The van der Waals surface area contributed by atoms with E-state index in [-0.39, 0.29) is 36.3 Å². The molecule has 26 heavy (non-hydrogen) atoms. The molecular formula is C17H25N5O4. The Hall–Kier alpha value is -2.42. The molecule has 2 saturated heterocycles. The van der Waals surface area contributed by atoms with Gasteiger partial charge < -0.3 is 14.5 Å². The third-order valence-electron chi connectivity index (χ3n) is 4.77. The van der Waals surface area contributed by atoms with Gasteiger partial charge in [-0.25, -0.2) is 4.79 Å². The average Bonchev–Trinajstić information content (AvgIpc) is 3.04. The zero-order valence-corrected chi connectivity index (χ0v) is 15.6. The number of aromatic nitrogens is 2. The van der Waals surface area contributed by atoms with Gasteiger partial charge in [0.05, 0.1) is 31.5 Å². The largest absolute Gasteiger partial charge is 0.383 e. The van der Waals surface area contributed by atoms with Gasteiger partial charge in [-0.1, -0.05) is 13.8 Å². The average molecular weight is 363 g/mol. The summed E-state index contributed by atoms with van der Waals surface area (Å²) in [5.41, 5.74) is 0.143. The van der Waals surface area contributed by atoms with E-state index in [1.807, 2.05) is 13.8 Å². The van der Waals surface area contributed by atoms with Gasteiger partial charge in [-0.3, -0.25) is 19.2 Å². The monoisotopic (exact) mass is 363 g/mol. The van der Waals surface area contributed by atoms with E-state index in [4.69, 9.17) is 4.74 Å². The number of fused-ring (bicyclic) bond motifs is 1. The number of hydrogen-bond donors (Lipinski definition) is 0. The number of methoxy groups -OCH3 is 1. The van der Waals surface area contributed by atoms with Gasteiger partial charge >= 0.3 is 6.03 Å². The smallest absolute Gasteiger partial charge is 0.327 e. The van der Waals surface area contributed by atoms with Gasteiger partial charge in [-0.15, -0.1) is 0 Å². The van der Waals surface area contributed by atoms with Gasteiger partial charge in [0.25, 0.3) is 11.8 Å². The predicted molar refractivity (Wildman–Crippen MR) is 92.4 cm³/mol. The first-order valence-corrected chi connectivity index (χ1v) is 8.62. The van der Waals surface area contributed by atoms with E-state index in [1.54, 1.807) is 27.7 Å². The Kier molecular flexibility index (Phi) is 4.74. The summed E-state index contributed by atoms with van der Waals surface area (Å²) in [6.07, 6.45) is 3.18. The van der Waals surface area contributed by atoms with E-state index in [0.29, 0.717) is 25.3 Å². The standard InChI is InChI=1S/C17H25N5O4/c1-17(2)10-20(14(23)12-7-18-19(3)8-12)9-13-15(24)21(5-6-26-4)16(25)22(13)11-17/h7-8,13H,5-6,9-11H2,1-4H3. The number of hydrogen-bond acceptors (Lipinski definition) is 5. The minimum atomic E-state index is -0.651. The number of nitrogens with zero attached hydrogens (tertiary/aromatic N) is 5. The molecule has 0 saturated carbocycles. The van der Waals surface area contributed by atoms with E-state index < -0.39 is 6.04 Å². The van der Waals surface area contributed by atoms with Crippen LogP contribution in [0.1, 0.15) is 24.2 Å². The van der Waals surface area contributed by atoms with Crippen LogP contribution < -0.4 is 0 Å². The molecule has 0 N–H and O–H groups in total. The molecule has 2 aliphatic heterocycles. The summed E-state index contributed by atoms with van der Waals surface area (Å²) in [5.74, 6) is -0.447. The van der Waals surface area contributed by atoms with Crippen molar-refractivity contribution in [2.24, 2.45) is 12.5 Å². The molecule has 0 aromatic carbocycles. The van der Waals surface area contributed by atoms with Crippen molar-refractivity contribution in [2.75, 3.05) is 39.9 Å². The quantitative estimate of drug-likeness (QED) is 0.712. The molecule has 3 rings (SSSR count). The molecule has 142 valence electrons. The van der Waals surface area contributed by atoms with Crippen molar-refractivity contribution in [3.8, 4) is 0 Å². The van der Waals surface area contributed by atoms with Crippen molar-refractivity contribution in [3.63, 3.8) is 0 Å². The van der Waals surface area contributed by atoms with Crippen molar-refractivity contribution in [2.45, 2.75) is 19.9 Å². The van der Waals surface area contributed by atoms with E-state index >= 15 is 0 Å². The Morgan fingerprint density at radius 2 is 2.08 bits per heavy atom. The molecule has 0 aliphatic carbocycles. The fourth-order valence-corrected chi connectivity index (χ4v) is 3.61. The van der Waals surface area contributed by atoms with Crippen LogP contribution in [0.4, 0.5) is 4.79 Å². The van der Waals surface area contributed by atoms with Crippen LogP contribution in [0.5, 0.6) is 0 Å². The van der Waals surface area contributed by atoms with E-state index in [2.05, 4.69) is 5.10 Å². The summed E-state index contributed by atoms with van der Waals surface area (Å²) >= 11 is 0. The fourth-order valence-electron chi connectivity index (χ4n) is 3.61. The fraction of sp³-hybridized carbons (Fsp3) is 0.647. The lowest BCUT2D eigenvalue weighted by Gasteiger charge is -2.30. The SMILES string of the molecule is COCCN1C(=O)C2CN(C(=O)c3cnn(C)c3)CC(C)(C)CN2C1=O. The second kappa shape index (κ2) is 6.71. The summed E-state index contributed by atoms with van der Waals surface area (Å²) in [6.45, 7) is 5.57. The summed E-state index contributed by atoms with van der Waals surface area (Å²) in [5, 5.41) is 4.05. The lowest BCUT2D eigenvalue weighted by atomic mass is 9.92. The van der Waals surface area contributed by atoms with Crippen LogP contribution in [0.3, 0.4) is 0 Å².